The van der Waals surface area contributed by atoms with Gasteiger partial charge in [0.05, 0.1) is 5.52 Å². The van der Waals surface area contributed by atoms with Gasteiger partial charge in [-0.05, 0) is 31.2 Å². The van der Waals surface area contributed by atoms with E-state index in [1.807, 2.05) is 0 Å². The minimum absolute atomic E-state index is 0.0900. The van der Waals surface area contributed by atoms with Gasteiger partial charge >= 0.3 is 5.97 Å². The molecular weight excluding hydrogens is 251 g/mol. The number of aromatic nitrogens is 1. The van der Waals surface area contributed by atoms with E-state index in [0.29, 0.717) is 10.9 Å². The molecule has 1 aromatic heterocycles. The number of rotatable bonds is 3. The number of carbonyl (C=O) groups is 2. The first-order valence-electron chi connectivity index (χ1n) is 5.57. The Bertz CT molecular complexity index is 657. The van der Waals surface area contributed by atoms with Crippen molar-refractivity contribution in [1.29, 1.82) is 0 Å². The van der Waals surface area contributed by atoms with Crippen LogP contribution in [0.4, 0.5) is 4.39 Å². The van der Waals surface area contributed by atoms with E-state index in [9.17, 15) is 14.0 Å². The smallest absolute Gasteiger partial charge is 0.325 e. The monoisotopic (exact) mass is 262 g/mol. The lowest BCUT2D eigenvalue weighted by Crippen LogP contribution is -2.38. The number of benzene rings is 1. The van der Waals surface area contributed by atoms with E-state index in [1.165, 1.54) is 31.2 Å². The quantitative estimate of drug-likeness (QED) is 0.880. The summed E-state index contributed by atoms with van der Waals surface area (Å²) in [7, 11) is 0. The fraction of sp³-hybridized carbons (Fsp3) is 0.154. The Morgan fingerprint density at radius 2 is 2.05 bits per heavy atom. The van der Waals surface area contributed by atoms with Crippen molar-refractivity contribution in [3.05, 3.63) is 41.8 Å². The molecule has 0 spiro atoms. The highest BCUT2D eigenvalue weighted by molar-refractivity contribution is 5.96. The van der Waals surface area contributed by atoms with Crippen LogP contribution in [-0.4, -0.2) is 28.0 Å². The van der Waals surface area contributed by atoms with Crippen molar-refractivity contribution in [1.82, 2.24) is 10.3 Å². The summed E-state index contributed by atoms with van der Waals surface area (Å²) in [5, 5.41) is 11.6. The van der Waals surface area contributed by atoms with Crippen LogP contribution in [0.1, 0.15) is 17.4 Å². The number of nitrogens with one attached hydrogen (secondary N) is 1. The van der Waals surface area contributed by atoms with Crippen LogP contribution < -0.4 is 5.32 Å². The highest BCUT2D eigenvalue weighted by Crippen LogP contribution is 2.14. The molecule has 0 aliphatic heterocycles. The number of amides is 1. The molecule has 1 amide bonds. The van der Waals surface area contributed by atoms with Crippen molar-refractivity contribution in [2.75, 3.05) is 0 Å². The molecule has 0 saturated carbocycles. The Balaban J connectivity index is 2.28. The van der Waals surface area contributed by atoms with Crippen LogP contribution >= 0.6 is 0 Å². The Labute approximate surface area is 108 Å². The summed E-state index contributed by atoms with van der Waals surface area (Å²) in [6.45, 7) is 1.36. The lowest BCUT2D eigenvalue weighted by Gasteiger charge is -2.09. The van der Waals surface area contributed by atoms with Crippen molar-refractivity contribution < 1.29 is 19.1 Å². The largest absolute Gasteiger partial charge is 0.480 e. The molecule has 2 rings (SSSR count). The molecule has 1 atom stereocenters. The molecule has 0 saturated heterocycles. The summed E-state index contributed by atoms with van der Waals surface area (Å²) in [6, 6.07) is 6.00. The van der Waals surface area contributed by atoms with Crippen molar-refractivity contribution in [3.63, 3.8) is 0 Å². The number of nitrogens with zero attached hydrogens (tertiary/aromatic N) is 1. The standard InChI is InChI=1S/C13H11FN2O3/c1-7(13(18)19)15-12(17)11-4-2-8-6-9(14)3-5-10(8)16-11/h2-7H,1H3,(H,15,17)(H,18,19)/t7-/m1/s1. The SMILES string of the molecule is C[C@@H](NC(=O)c1ccc2cc(F)ccc2n1)C(=O)O. The normalized spacial score (nSPS) is 12.1. The van der Waals surface area contributed by atoms with E-state index in [-0.39, 0.29) is 11.5 Å². The second-order valence-electron chi connectivity index (χ2n) is 4.07. The molecule has 0 radical (unpaired) electrons. The molecule has 1 heterocycles. The maximum absolute atomic E-state index is 13.0. The van der Waals surface area contributed by atoms with E-state index < -0.39 is 17.9 Å². The highest BCUT2D eigenvalue weighted by Gasteiger charge is 2.16. The van der Waals surface area contributed by atoms with Crippen LogP contribution in [0.3, 0.4) is 0 Å². The van der Waals surface area contributed by atoms with Gasteiger partial charge in [0.25, 0.3) is 5.91 Å². The van der Waals surface area contributed by atoms with Crippen LogP contribution in [0.2, 0.25) is 0 Å². The van der Waals surface area contributed by atoms with E-state index >= 15 is 0 Å². The van der Waals surface area contributed by atoms with Crippen LogP contribution in [-0.2, 0) is 4.79 Å². The number of hydrogen-bond acceptors (Lipinski definition) is 3. The van der Waals surface area contributed by atoms with Gasteiger partial charge in [-0.2, -0.15) is 0 Å². The molecule has 0 fully saturated rings. The maximum Gasteiger partial charge on any atom is 0.325 e. The molecule has 0 bridgehead atoms. The van der Waals surface area contributed by atoms with E-state index in [4.69, 9.17) is 5.11 Å². The van der Waals surface area contributed by atoms with Crippen LogP contribution in [0, 0.1) is 5.82 Å². The average Bonchev–Trinajstić information content (AvgIpc) is 2.37. The molecule has 98 valence electrons. The average molecular weight is 262 g/mol. The van der Waals surface area contributed by atoms with Gasteiger partial charge in [0.2, 0.25) is 0 Å². The van der Waals surface area contributed by atoms with E-state index in [1.54, 1.807) is 6.07 Å². The summed E-state index contributed by atoms with van der Waals surface area (Å²) in [6.07, 6.45) is 0. The number of pyridine rings is 1. The summed E-state index contributed by atoms with van der Waals surface area (Å²) >= 11 is 0. The van der Waals surface area contributed by atoms with Gasteiger partial charge in [-0.1, -0.05) is 6.07 Å². The van der Waals surface area contributed by atoms with Crippen molar-refractivity contribution in [3.8, 4) is 0 Å². The third-order valence-electron chi connectivity index (χ3n) is 2.60. The lowest BCUT2D eigenvalue weighted by molar-refractivity contribution is -0.138. The van der Waals surface area contributed by atoms with Gasteiger partial charge < -0.3 is 10.4 Å². The second kappa shape index (κ2) is 5.01. The molecule has 5 nitrogen and oxygen atoms in total. The van der Waals surface area contributed by atoms with Crippen molar-refractivity contribution in [2.24, 2.45) is 0 Å². The predicted molar refractivity (Wildman–Crippen MR) is 66.3 cm³/mol. The van der Waals surface area contributed by atoms with Gasteiger partial charge in [-0.15, -0.1) is 0 Å². The Morgan fingerprint density at radius 3 is 2.74 bits per heavy atom. The number of fused-ring (bicyclic) bond motifs is 1. The maximum atomic E-state index is 13.0. The fourth-order valence-corrected chi connectivity index (χ4v) is 1.56. The molecule has 19 heavy (non-hydrogen) atoms. The lowest BCUT2D eigenvalue weighted by atomic mass is 10.2. The predicted octanol–water partition coefficient (Wildman–Crippen LogP) is 1.58. The number of carboxylic acid groups (broad SMARTS) is 1. The van der Waals surface area contributed by atoms with Crippen molar-refractivity contribution >= 4 is 22.8 Å². The number of hydrogen-bond donors (Lipinski definition) is 2. The Hall–Kier alpha value is -2.50. The first-order valence-corrected chi connectivity index (χ1v) is 5.57. The van der Waals surface area contributed by atoms with E-state index in [0.717, 1.165) is 0 Å². The fourth-order valence-electron chi connectivity index (χ4n) is 1.56. The van der Waals surface area contributed by atoms with Gasteiger partial charge in [-0.3, -0.25) is 9.59 Å². The number of aliphatic carboxylic acids is 1. The summed E-state index contributed by atoms with van der Waals surface area (Å²) in [5.41, 5.74) is 0.559. The van der Waals surface area contributed by atoms with Crippen LogP contribution in [0.25, 0.3) is 10.9 Å². The van der Waals surface area contributed by atoms with Gasteiger partial charge in [0.15, 0.2) is 0 Å². The third-order valence-corrected chi connectivity index (χ3v) is 2.60. The van der Waals surface area contributed by atoms with Gasteiger partial charge in [-0.25, -0.2) is 9.37 Å². The Kier molecular flexibility index (Phi) is 3.41. The molecular formula is C13H11FN2O3. The van der Waals surface area contributed by atoms with Crippen molar-refractivity contribution in [2.45, 2.75) is 13.0 Å². The molecule has 6 heteroatoms. The molecule has 1 aromatic carbocycles. The summed E-state index contributed by atoms with van der Waals surface area (Å²) in [5.74, 6) is -2.09. The van der Waals surface area contributed by atoms with Gasteiger partial charge in [0, 0.05) is 5.39 Å². The highest BCUT2D eigenvalue weighted by atomic mass is 19.1. The van der Waals surface area contributed by atoms with E-state index in [2.05, 4.69) is 10.3 Å². The zero-order chi connectivity index (χ0) is 14.0. The molecule has 2 N–H and O–H groups in total. The minimum Gasteiger partial charge on any atom is -0.480 e. The first kappa shape index (κ1) is 12.9. The summed E-state index contributed by atoms with van der Waals surface area (Å²) in [4.78, 5) is 26.5. The van der Waals surface area contributed by atoms with Crippen LogP contribution in [0.15, 0.2) is 30.3 Å². The third kappa shape index (κ3) is 2.85. The second-order valence-corrected chi connectivity index (χ2v) is 4.07. The first-order chi connectivity index (χ1) is 8.97. The topological polar surface area (TPSA) is 79.3 Å². The number of halogens is 1. The zero-order valence-electron chi connectivity index (χ0n) is 10.1. The number of carboxylic acids is 1. The number of carbonyl (C=O) groups excluding carboxylic acids is 1. The van der Waals surface area contributed by atoms with Crippen LogP contribution in [0.5, 0.6) is 0 Å². The summed E-state index contributed by atoms with van der Waals surface area (Å²) < 4.78 is 13.0. The minimum atomic E-state index is -1.13. The molecule has 0 unspecified atom stereocenters. The molecule has 0 aliphatic rings. The molecule has 2 aromatic rings. The molecule has 0 aliphatic carbocycles. The zero-order valence-corrected chi connectivity index (χ0v) is 10.1. The van der Waals surface area contributed by atoms with Gasteiger partial charge in [0.1, 0.15) is 17.6 Å². The Morgan fingerprint density at radius 1 is 1.32 bits per heavy atom.